The van der Waals surface area contributed by atoms with E-state index in [0.717, 1.165) is 4.31 Å². The molecule has 0 bridgehead atoms. The fraction of sp³-hybridized carbons (Fsp3) is 0.467. The van der Waals surface area contributed by atoms with E-state index in [4.69, 9.17) is 4.74 Å². The molecule has 0 aliphatic rings. The first-order chi connectivity index (χ1) is 11.9. The number of carbonyl (C=O) groups excluding carboxylic acids is 1. The van der Waals surface area contributed by atoms with Crippen molar-refractivity contribution in [1.82, 2.24) is 9.62 Å². The van der Waals surface area contributed by atoms with Crippen molar-refractivity contribution in [2.75, 3.05) is 13.6 Å². The zero-order valence-corrected chi connectivity index (χ0v) is 15.6. The van der Waals surface area contributed by atoms with Gasteiger partial charge in [-0.15, -0.1) is 0 Å². The number of likely N-dealkylation sites (N-methyl/N-ethyl adjacent to an activating group) is 1. The van der Waals surface area contributed by atoms with E-state index in [0.29, 0.717) is 0 Å². The molecule has 0 fully saturated rings. The van der Waals surface area contributed by atoms with Gasteiger partial charge in [-0.25, -0.2) is 18.1 Å². The molecule has 0 saturated heterocycles. The van der Waals surface area contributed by atoms with E-state index >= 15 is 0 Å². The van der Waals surface area contributed by atoms with Gasteiger partial charge in [-0.05, 0) is 26.8 Å². The lowest BCUT2D eigenvalue weighted by Crippen LogP contribution is -2.49. The van der Waals surface area contributed by atoms with E-state index < -0.39 is 39.6 Å². The van der Waals surface area contributed by atoms with E-state index in [-0.39, 0.29) is 17.1 Å². The van der Waals surface area contributed by atoms with Gasteiger partial charge in [0.1, 0.15) is 27.5 Å². The third-order valence-electron chi connectivity index (χ3n) is 2.96. The van der Waals surface area contributed by atoms with E-state index in [1.54, 1.807) is 20.8 Å². The quantitative estimate of drug-likeness (QED) is 0.534. The van der Waals surface area contributed by atoms with Crippen molar-refractivity contribution in [2.45, 2.75) is 37.3 Å². The van der Waals surface area contributed by atoms with Gasteiger partial charge in [0, 0.05) is 19.7 Å². The molecule has 10 nitrogen and oxygen atoms in total. The van der Waals surface area contributed by atoms with Crippen LogP contribution in [0.4, 0.5) is 10.5 Å². The van der Waals surface area contributed by atoms with Crippen LogP contribution in [0.15, 0.2) is 29.2 Å². The molecule has 1 unspecified atom stereocenters. The summed E-state index contributed by atoms with van der Waals surface area (Å²) in [4.78, 5) is 33.4. The van der Waals surface area contributed by atoms with Gasteiger partial charge < -0.3 is 15.2 Å². The van der Waals surface area contributed by atoms with Crippen LogP contribution in [-0.4, -0.2) is 55.8 Å². The molecular weight excluding hydrogens is 366 g/mol. The first kappa shape index (κ1) is 21.5. The molecule has 2 atom stereocenters. The number of nitrogens with zero attached hydrogens (tertiary/aromatic N) is 2. The van der Waals surface area contributed by atoms with E-state index in [1.807, 2.05) is 0 Å². The number of carboxylic acid groups (broad SMARTS) is 1. The number of amides is 1. The molecule has 1 aromatic rings. The molecule has 1 amide bonds. The van der Waals surface area contributed by atoms with Crippen LogP contribution in [-0.2, 0) is 20.5 Å². The SMILES string of the molecule is CN(C[C@H](NC(=O)OC(C)(C)C)C(=O)O)S(=O)c1ccccc1[N+](=O)[O-]. The molecule has 1 rings (SSSR count). The Morgan fingerprint density at radius 3 is 2.46 bits per heavy atom. The molecule has 0 saturated carbocycles. The summed E-state index contributed by atoms with van der Waals surface area (Å²) in [5.41, 5.74) is -1.16. The summed E-state index contributed by atoms with van der Waals surface area (Å²) in [5, 5.41) is 22.5. The number of hydrogen-bond donors (Lipinski definition) is 2. The minimum atomic E-state index is -2.00. The fourth-order valence-electron chi connectivity index (χ4n) is 1.88. The minimum Gasteiger partial charge on any atom is -0.480 e. The summed E-state index contributed by atoms with van der Waals surface area (Å²) in [7, 11) is -0.662. The smallest absolute Gasteiger partial charge is 0.408 e. The molecule has 11 heteroatoms. The van der Waals surface area contributed by atoms with Crippen molar-refractivity contribution in [3.05, 3.63) is 34.4 Å². The van der Waals surface area contributed by atoms with Crippen LogP contribution in [0, 0.1) is 10.1 Å². The van der Waals surface area contributed by atoms with Crippen LogP contribution in [0.5, 0.6) is 0 Å². The van der Waals surface area contributed by atoms with E-state index in [9.17, 15) is 29.0 Å². The average Bonchev–Trinajstić information content (AvgIpc) is 2.51. The predicted molar refractivity (Wildman–Crippen MR) is 92.9 cm³/mol. The Morgan fingerprint density at radius 1 is 1.38 bits per heavy atom. The molecule has 0 aliphatic heterocycles. The summed E-state index contributed by atoms with van der Waals surface area (Å²) < 4.78 is 18.6. The number of rotatable bonds is 7. The molecule has 0 spiro atoms. The number of carbonyl (C=O) groups is 2. The molecule has 26 heavy (non-hydrogen) atoms. The molecule has 0 radical (unpaired) electrons. The molecule has 0 aromatic heterocycles. The lowest BCUT2D eigenvalue weighted by Gasteiger charge is -2.24. The van der Waals surface area contributed by atoms with Crippen LogP contribution in [0.25, 0.3) is 0 Å². The van der Waals surface area contributed by atoms with Crippen molar-refractivity contribution in [3.8, 4) is 0 Å². The molecular formula is C15H21N3O7S. The number of ether oxygens (including phenoxy) is 1. The van der Waals surface area contributed by atoms with E-state index in [2.05, 4.69) is 5.32 Å². The Hall–Kier alpha value is -2.53. The summed E-state index contributed by atoms with van der Waals surface area (Å²) in [6.45, 7) is 4.52. The van der Waals surface area contributed by atoms with Gasteiger partial charge in [-0.3, -0.25) is 10.1 Å². The summed E-state index contributed by atoms with van der Waals surface area (Å²) in [6, 6.07) is 4.03. The molecule has 1 aromatic carbocycles. The number of nitro groups is 1. The number of alkyl carbamates (subject to hydrolysis) is 1. The van der Waals surface area contributed by atoms with Crippen molar-refractivity contribution < 1.29 is 28.6 Å². The topological polar surface area (TPSA) is 139 Å². The maximum atomic E-state index is 12.5. The third-order valence-corrected chi connectivity index (χ3v) is 4.40. The maximum Gasteiger partial charge on any atom is 0.408 e. The fourth-order valence-corrected chi connectivity index (χ4v) is 3.02. The number of nitro benzene ring substituents is 1. The van der Waals surface area contributed by atoms with Crippen LogP contribution < -0.4 is 5.32 Å². The van der Waals surface area contributed by atoms with Crippen molar-refractivity contribution in [1.29, 1.82) is 0 Å². The number of carboxylic acids is 1. The second-order valence-corrected chi connectivity index (χ2v) is 7.88. The monoisotopic (exact) mass is 387 g/mol. The standard InChI is InChI=1S/C15H21N3O7S/c1-15(2,3)25-14(21)16-10(13(19)20)9-17(4)26(24)12-8-6-5-7-11(12)18(22)23/h5-8,10H,9H2,1-4H3,(H,16,21)(H,19,20)/t10-,26?/m0/s1. The number of nitrogens with one attached hydrogen (secondary N) is 1. The second-order valence-electron chi connectivity index (χ2n) is 6.32. The van der Waals surface area contributed by atoms with Gasteiger partial charge in [0.25, 0.3) is 5.69 Å². The molecule has 144 valence electrons. The summed E-state index contributed by atoms with van der Waals surface area (Å²) in [5.74, 6) is -1.36. The highest BCUT2D eigenvalue weighted by atomic mass is 32.2. The summed E-state index contributed by atoms with van der Waals surface area (Å²) >= 11 is 0. The first-order valence-electron chi connectivity index (χ1n) is 7.51. The minimum absolute atomic E-state index is 0.0681. The number of benzene rings is 1. The van der Waals surface area contributed by atoms with Crippen molar-refractivity contribution >= 4 is 28.7 Å². The van der Waals surface area contributed by atoms with Gasteiger partial charge in [0.05, 0.1) is 4.92 Å². The highest BCUT2D eigenvalue weighted by Gasteiger charge is 2.28. The first-order valence-corrected chi connectivity index (χ1v) is 8.62. The van der Waals surface area contributed by atoms with Crippen LogP contribution in [0.1, 0.15) is 20.8 Å². The zero-order chi connectivity index (χ0) is 20.1. The van der Waals surface area contributed by atoms with E-state index in [1.165, 1.54) is 31.3 Å². The Kier molecular flexibility index (Phi) is 7.21. The van der Waals surface area contributed by atoms with Gasteiger partial charge in [-0.2, -0.15) is 0 Å². The highest BCUT2D eigenvalue weighted by molar-refractivity contribution is 7.82. The summed E-state index contributed by atoms with van der Waals surface area (Å²) in [6.07, 6.45) is -0.935. The van der Waals surface area contributed by atoms with Crippen molar-refractivity contribution in [3.63, 3.8) is 0 Å². The van der Waals surface area contributed by atoms with Gasteiger partial charge in [0.2, 0.25) is 0 Å². The Balaban J connectivity index is 2.89. The maximum absolute atomic E-state index is 12.5. The Labute approximate surface area is 152 Å². The lowest BCUT2D eigenvalue weighted by atomic mass is 10.2. The normalized spacial score (nSPS) is 13.7. The van der Waals surface area contributed by atoms with Crippen molar-refractivity contribution in [2.24, 2.45) is 0 Å². The number of aliphatic carboxylic acids is 1. The third kappa shape index (κ3) is 6.41. The lowest BCUT2D eigenvalue weighted by molar-refractivity contribution is -0.387. The Bertz CT molecular complexity index is 717. The molecule has 0 aliphatic carbocycles. The molecule has 0 heterocycles. The van der Waals surface area contributed by atoms with Gasteiger partial charge in [0.15, 0.2) is 0 Å². The van der Waals surface area contributed by atoms with Crippen LogP contribution >= 0.6 is 0 Å². The second kappa shape index (κ2) is 8.72. The number of hydrogen-bond acceptors (Lipinski definition) is 6. The largest absolute Gasteiger partial charge is 0.480 e. The van der Waals surface area contributed by atoms with Crippen LogP contribution in [0.2, 0.25) is 0 Å². The number of para-hydroxylation sites is 1. The van der Waals surface area contributed by atoms with Crippen LogP contribution in [0.3, 0.4) is 0 Å². The zero-order valence-electron chi connectivity index (χ0n) is 14.8. The Morgan fingerprint density at radius 2 is 1.96 bits per heavy atom. The van der Waals surface area contributed by atoms with Gasteiger partial charge in [-0.1, -0.05) is 12.1 Å². The predicted octanol–water partition coefficient (Wildman–Crippen LogP) is 1.53. The molecule has 2 N–H and O–H groups in total. The average molecular weight is 387 g/mol. The van der Waals surface area contributed by atoms with Gasteiger partial charge >= 0.3 is 12.1 Å². The highest BCUT2D eigenvalue weighted by Crippen LogP contribution is 2.22.